The lowest BCUT2D eigenvalue weighted by Gasteiger charge is -2.27. The number of nitrogens with one attached hydrogen (secondary N) is 1. The summed E-state index contributed by atoms with van der Waals surface area (Å²) < 4.78 is 26.3. The van der Waals surface area contributed by atoms with Crippen LogP contribution in [0.1, 0.15) is 12.8 Å². The van der Waals surface area contributed by atoms with E-state index in [9.17, 15) is 18.5 Å². The van der Waals surface area contributed by atoms with Gasteiger partial charge in [0.25, 0.3) is 5.69 Å². The minimum Gasteiger partial charge on any atom is -0.316 e. The van der Waals surface area contributed by atoms with Gasteiger partial charge in [-0.1, -0.05) is 12.1 Å². The monoisotopic (exact) mass is 313 g/mol. The maximum Gasteiger partial charge on any atom is 0.289 e. The van der Waals surface area contributed by atoms with Gasteiger partial charge >= 0.3 is 0 Å². The number of hydrogen-bond acceptors (Lipinski definition) is 5. The normalized spacial score (nSPS) is 19.6. The number of hydrogen-bond donors (Lipinski definition) is 1. The molecule has 8 heteroatoms. The van der Waals surface area contributed by atoms with E-state index in [-0.39, 0.29) is 16.5 Å². The Balaban J connectivity index is 2.22. The predicted molar refractivity (Wildman–Crippen MR) is 78.5 cm³/mol. The van der Waals surface area contributed by atoms with E-state index in [0.29, 0.717) is 6.54 Å². The van der Waals surface area contributed by atoms with Crippen molar-refractivity contribution in [2.45, 2.75) is 17.7 Å². The summed E-state index contributed by atoms with van der Waals surface area (Å²) in [5.41, 5.74) is -0.383. The standard InChI is InChI=1S/C13H19N3O4S/c1-15(10-11-5-4-8-14-9-11)21(19,20)13-7-3-2-6-12(13)16(17)18/h2-3,6-7,11,14H,4-5,8-10H2,1H3/t11-/m0/s1. The number of nitro benzene ring substituents is 1. The summed E-state index contributed by atoms with van der Waals surface area (Å²) in [5.74, 6) is 0.237. The van der Waals surface area contributed by atoms with Crippen LogP contribution in [0.25, 0.3) is 0 Å². The lowest BCUT2D eigenvalue weighted by molar-refractivity contribution is -0.387. The maximum absolute atomic E-state index is 12.5. The van der Waals surface area contributed by atoms with Crippen LogP contribution in [-0.2, 0) is 10.0 Å². The van der Waals surface area contributed by atoms with Gasteiger partial charge in [-0.3, -0.25) is 10.1 Å². The highest BCUT2D eigenvalue weighted by molar-refractivity contribution is 7.89. The van der Waals surface area contributed by atoms with Crippen LogP contribution in [0.5, 0.6) is 0 Å². The second kappa shape index (κ2) is 6.50. The quantitative estimate of drug-likeness (QED) is 0.651. The third kappa shape index (κ3) is 3.58. The van der Waals surface area contributed by atoms with Gasteiger partial charge in [-0.25, -0.2) is 12.7 Å². The van der Waals surface area contributed by atoms with Crippen LogP contribution in [0, 0.1) is 16.0 Å². The molecule has 0 aliphatic carbocycles. The molecule has 1 aromatic rings. The van der Waals surface area contributed by atoms with Crippen LogP contribution in [-0.4, -0.2) is 44.3 Å². The van der Waals surface area contributed by atoms with Crippen molar-refractivity contribution in [1.29, 1.82) is 0 Å². The van der Waals surface area contributed by atoms with Crippen molar-refractivity contribution < 1.29 is 13.3 Å². The fourth-order valence-corrected chi connectivity index (χ4v) is 3.94. The molecular weight excluding hydrogens is 294 g/mol. The molecule has 1 fully saturated rings. The van der Waals surface area contributed by atoms with Gasteiger partial charge < -0.3 is 5.32 Å². The molecule has 1 aliphatic heterocycles. The van der Waals surface area contributed by atoms with Gasteiger partial charge in [0.1, 0.15) is 0 Å². The zero-order valence-electron chi connectivity index (χ0n) is 11.9. The molecule has 1 aliphatic rings. The second-order valence-corrected chi connectivity index (χ2v) is 7.24. The van der Waals surface area contributed by atoms with Crippen LogP contribution in [0.3, 0.4) is 0 Å². The van der Waals surface area contributed by atoms with Crippen molar-refractivity contribution in [1.82, 2.24) is 9.62 Å². The summed E-state index contributed by atoms with van der Waals surface area (Å²) in [6.07, 6.45) is 1.98. The summed E-state index contributed by atoms with van der Waals surface area (Å²) in [6.45, 7) is 2.09. The van der Waals surface area contributed by atoms with E-state index in [4.69, 9.17) is 0 Å². The van der Waals surface area contributed by atoms with Gasteiger partial charge in [-0.05, 0) is 37.9 Å². The zero-order valence-corrected chi connectivity index (χ0v) is 12.7. The molecule has 1 saturated heterocycles. The van der Waals surface area contributed by atoms with Gasteiger partial charge in [0.05, 0.1) is 4.92 Å². The number of sulfonamides is 1. The summed E-state index contributed by atoms with van der Waals surface area (Å²) >= 11 is 0. The Hall–Kier alpha value is -1.51. The topological polar surface area (TPSA) is 92.6 Å². The third-order valence-corrected chi connectivity index (χ3v) is 5.54. The molecule has 0 radical (unpaired) electrons. The Morgan fingerprint density at radius 2 is 2.14 bits per heavy atom. The highest BCUT2D eigenvalue weighted by atomic mass is 32.2. The third-order valence-electron chi connectivity index (χ3n) is 3.66. The lowest BCUT2D eigenvalue weighted by Crippen LogP contribution is -2.39. The van der Waals surface area contributed by atoms with Crippen LogP contribution >= 0.6 is 0 Å². The summed E-state index contributed by atoms with van der Waals surface area (Å²) in [4.78, 5) is 10.1. The first-order chi connectivity index (χ1) is 9.93. The highest BCUT2D eigenvalue weighted by Gasteiger charge is 2.30. The molecule has 0 saturated carbocycles. The van der Waals surface area contributed by atoms with Crippen molar-refractivity contribution in [2.75, 3.05) is 26.7 Å². The summed E-state index contributed by atoms with van der Waals surface area (Å²) in [6, 6.07) is 5.45. The molecule has 0 aromatic heterocycles. The van der Waals surface area contributed by atoms with E-state index in [1.807, 2.05) is 0 Å². The Kier molecular flexibility index (Phi) is 4.92. The Labute approximate surface area is 124 Å². The molecule has 0 amide bonds. The SMILES string of the molecule is CN(C[C@H]1CCCNC1)S(=O)(=O)c1ccccc1[N+](=O)[O-]. The Morgan fingerprint density at radius 1 is 1.43 bits per heavy atom. The highest BCUT2D eigenvalue weighted by Crippen LogP contribution is 2.26. The van der Waals surface area contributed by atoms with Crippen molar-refractivity contribution in [2.24, 2.45) is 5.92 Å². The summed E-state index contributed by atoms with van der Waals surface area (Å²) in [7, 11) is -2.38. The molecule has 0 spiro atoms. The number of nitro groups is 1. The summed E-state index contributed by atoms with van der Waals surface area (Å²) in [5, 5.41) is 14.2. The van der Waals surface area contributed by atoms with Crippen LogP contribution < -0.4 is 5.32 Å². The van der Waals surface area contributed by atoms with Gasteiger partial charge in [-0.2, -0.15) is 0 Å². The van der Waals surface area contributed by atoms with Gasteiger partial charge in [0, 0.05) is 19.7 Å². The molecule has 1 heterocycles. The first-order valence-electron chi connectivity index (χ1n) is 6.83. The largest absolute Gasteiger partial charge is 0.316 e. The average molecular weight is 313 g/mol. The van der Waals surface area contributed by atoms with Crippen molar-refractivity contribution in [3.05, 3.63) is 34.4 Å². The van der Waals surface area contributed by atoms with E-state index < -0.39 is 14.9 Å². The molecule has 1 atom stereocenters. The molecule has 0 unspecified atom stereocenters. The number of rotatable bonds is 5. The van der Waals surface area contributed by atoms with Gasteiger partial charge in [0.15, 0.2) is 4.90 Å². The van der Waals surface area contributed by atoms with Gasteiger partial charge in [-0.15, -0.1) is 0 Å². The first-order valence-corrected chi connectivity index (χ1v) is 8.27. The van der Waals surface area contributed by atoms with Crippen LogP contribution in [0.2, 0.25) is 0 Å². The fraction of sp³-hybridized carbons (Fsp3) is 0.538. The molecule has 21 heavy (non-hydrogen) atoms. The number of para-hydroxylation sites is 1. The zero-order chi connectivity index (χ0) is 15.5. The minimum atomic E-state index is -3.85. The van der Waals surface area contributed by atoms with Crippen LogP contribution in [0.15, 0.2) is 29.2 Å². The maximum atomic E-state index is 12.5. The van der Waals surface area contributed by atoms with E-state index in [0.717, 1.165) is 25.9 Å². The van der Waals surface area contributed by atoms with Crippen LogP contribution in [0.4, 0.5) is 5.69 Å². The Morgan fingerprint density at radius 3 is 2.76 bits per heavy atom. The molecule has 2 rings (SSSR count). The van der Waals surface area contributed by atoms with Crippen molar-refractivity contribution >= 4 is 15.7 Å². The molecule has 0 bridgehead atoms. The molecule has 1 N–H and O–H groups in total. The van der Waals surface area contributed by atoms with E-state index in [2.05, 4.69) is 5.32 Å². The Bertz CT molecular complexity index is 612. The number of nitrogens with zero attached hydrogens (tertiary/aromatic N) is 2. The van der Waals surface area contributed by atoms with Crippen molar-refractivity contribution in [3.8, 4) is 0 Å². The first kappa shape index (κ1) is 15.9. The molecule has 7 nitrogen and oxygen atoms in total. The lowest BCUT2D eigenvalue weighted by atomic mass is 10.00. The minimum absolute atomic E-state index is 0.237. The number of piperidine rings is 1. The predicted octanol–water partition coefficient (Wildman–Crippen LogP) is 1.21. The van der Waals surface area contributed by atoms with E-state index >= 15 is 0 Å². The van der Waals surface area contributed by atoms with E-state index in [1.54, 1.807) is 0 Å². The molecular formula is C13H19N3O4S. The smallest absolute Gasteiger partial charge is 0.289 e. The fourth-order valence-electron chi connectivity index (χ4n) is 2.54. The van der Waals surface area contributed by atoms with E-state index in [1.165, 1.54) is 35.6 Å². The van der Waals surface area contributed by atoms with Crippen molar-refractivity contribution in [3.63, 3.8) is 0 Å². The molecule has 1 aromatic carbocycles. The van der Waals surface area contributed by atoms with Gasteiger partial charge in [0.2, 0.25) is 10.0 Å². The average Bonchev–Trinajstić information content (AvgIpc) is 2.48. The number of benzene rings is 1. The second-order valence-electron chi connectivity index (χ2n) is 5.22. The molecule has 116 valence electrons.